The van der Waals surface area contributed by atoms with Crippen molar-refractivity contribution in [2.75, 3.05) is 12.4 Å². The summed E-state index contributed by atoms with van der Waals surface area (Å²) in [6.07, 6.45) is 4.24. The second-order valence-corrected chi connectivity index (χ2v) is 6.81. The van der Waals surface area contributed by atoms with Crippen LogP contribution in [0.1, 0.15) is 18.9 Å². The van der Waals surface area contributed by atoms with Crippen LogP contribution in [0, 0.1) is 11.3 Å². The number of esters is 1. The Labute approximate surface area is 180 Å². The van der Waals surface area contributed by atoms with Crippen molar-refractivity contribution in [1.29, 1.82) is 5.26 Å². The largest absolute Gasteiger partial charge is 0.495 e. The number of nitriles is 1. The van der Waals surface area contributed by atoms with Gasteiger partial charge in [0.2, 0.25) is 0 Å². The van der Waals surface area contributed by atoms with E-state index in [1.54, 1.807) is 30.3 Å². The molecule has 3 rings (SSSR count). The number of hydrogen-bond donors (Lipinski definition) is 1. The van der Waals surface area contributed by atoms with E-state index in [2.05, 4.69) is 11.4 Å². The number of amides is 1. The number of anilines is 1. The Morgan fingerprint density at radius 3 is 2.71 bits per heavy atom. The summed E-state index contributed by atoms with van der Waals surface area (Å²) in [7, 11) is 1.51. The van der Waals surface area contributed by atoms with Crippen LogP contribution in [-0.2, 0) is 20.9 Å². The zero-order valence-electron chi connectivity index (χ0n) is 17.4. The summed E-state index contributed by atoms with van der Waals surface area (Å²) in [6.45, 7) is 2.07. The van der Waals surface area contributed by atoms with Crippen LogP contribution < -0.4 is 10.1 Å². The molecule has 0 radical (unpaired) electrons. The van der Waals surface area contributed by atoms with Crippen LogP contribution in [0.4, 0.5) is 5.69 Å². The fourth-order valence-corrected chi connectivity index (χ4v) is 3.17. The Balaban J connectivity index is 1.66. The lowest BCUT2D eigenvalue weighted by molar-refractivity contribution is -0.148. The van der Waals surface area contributed by atoms with Crippen LogP contribution in [0.5, 0.6) is 5.75 Å². The molecular formula is C24H23N3O4. The van der Waals surface area contributed by atoms with Crippen LogP contribution in [0.3, 0.4) is 0 Å². The number of carbonyl (C=O) groups is 2. The first kappa shape index (κ1) is 21.7. The summed E-state index contributed by atoms with van der Waals surface area (Å²) in [5.41, 5.74) is 2.31. The molecule has 1 aromatic heterocycles. The number of aryl methyl sites for hydroxylation is 1. The van der Waals surface area contributed by atoms with Gasteiger partial charge in [0, 0.05) is 35.3 Å². The van der Waals surface area contributed by atoms with Gasteiger partial charge >= 0.3 is 5.97 Å². The van der Waals surface area contributed by atoms with Crippen molar-refractivity contribution >= 4 is 34.5 Å². The summed E-state index contributed by atoms with van der Waals surface area (Å²) in [4.78, 5) is 24.6. The molecule has 1 N–H and O–H groups in total. The molecule has 7 nitrogen and oxygen atoms in total. The van der Waals surface area contributed by atoms with E-state index < -0.39 is 18.0 Å². The molecule has 0 unspecified atom stereocenters. The van der Waals surface area contributed by atoms with Gasteiger partial charge in [0.1, 0.15) is 5.75 Å². The van der Waals surface area contributed by atoms with Crippen molar-refractivity contribution < 1.29 is 19.1 Å². The second-order valence-electron chi connectivity index (χ2n) is 6.81. The Hall–Kier alpha value is -4.05. The maximum atomic E-state index is 12.4. The Morgan fingerprint density at radius 1 is 1.19 bits per heavy atom. The quantitative estimate of drug-likeness (QED) is 0.439. The van der Waals surface area contributed by atoms with Crippen LogP contribution in [0.15, 0.2) is 60.8 Å². The Kier molecular flexibility index (Phi) is 7.07. The molecule has 0 aliphatic carbocycles. The maximum absolute atomic E-state index is 12.4. The van der Waals surface area contributed by atoms with Gasteiger partial charge in [0.25, 0.3) is 5.91 Å². The summed E-state index contributed by atoms with van der Waals surface area (Å²) in [5, 5.41) is 12.5. The normalized spacial score (nSPS) is 11.8. The maximum Gasteiger partial charge on any atom is 0.331 e. The Bertz CT molecular complexity index is 1160. The van der Waals surface area contributed by atoms with Gasteiger partial charge in [-0.3, -0.25) is 4.79 Å². The van der Waals surface area contributed by atoms with Gasteiger partial charge in [-0.2, -0.15) is 5.26 Å². The van der Waals surface area contributed by atoms with E-state index in [1.807, 2.05) is 35.0 Å². The van der Waals surface area contributed by atoms with Gasteiger partial charge in [-0.25, -0.2) is 4.79 Å². The number of aromatic nitrogens is 1. The molecule has 0 aliphatic heterocycles. The molecule has 3 aromatic rings. The Morgan fingerprint density at radius 2 is 1.94 bits per heavy atom. The van der Waals surface area contributed by atoms with Gasteiger partial charge in [-0.1, -0.05) is 30.3 Å². The van der Waals surface area contributed by atoms with Crippen molar-refractivity contribution in [1.82, 2.24) is 4.57 Å². The summed E-state index contributed by atoms with van der Waals surface area (Å²) < 4.78 is 12.4. The monoisotopic (exact) mass is 417 g/mol. The molecule has 0 bridgehead atoms. The molecule has 158 valence electrons. The highest BCUT2D eigenvalue weighted by Gasteiger charge is 2.18. The van der Waals surface area contributed by atoms with Crippen LogP contribution >= 0.6 is 0 Å². The molecule has 1 atom stereocenters. The van der Waals surface area contributed by atoms with E-state index in [4.69, 9.17) is 14.7 Å². The van der Waals surface area contributed by atoms with Crippen molar-refractivity contribution in [3.63, 3.8) is 0 Å². The van der Waals surface area contributed by atoms with Crippen molar-refractivity contribution in [3.8, 4) is 11.8 Å². The van der Waals surface area contributed by atoms with Gasteiger partial charge in [-0.05, 0) is 31.2 Å². The van der Waals surface area contributed by atoms with E-state index >= 15 is 0 Å². The minimum atomic E-state index is -0.987. The standard InChI is InChI=1S/C24H23N3O4/c1-17(24(29)26-20-9-4-6-11-22(20)30-2)31-23(28)13-12-18-16-27(15-7-14-25)21-10-5-3-8-19(18)21/h3-6,8-13,16-17H,7,15H2,1-2H3,(H,26,29)/b13-12+/t17-/m0/s1. The molecule has 0 saturated heterocycles. The molecule has 31 heavy (non-hydrogen) atoms. The fourth-order valence-electron chi connectivity index (χ4n) is 3.17. The molecule has 7 heteroatoms. The molecule has 0 fully saturated rings. The van der Waals surface area contributed by atoms with Gasteiger partial charge in [0.15, 0.2) is 6.10 Å². The number of para-hydroxylation sites is 3. The lowest BCUT2D eigenvalue weighted by Gasteiger charge is -2.14. The number of fused-ring (bicyclic) bond motifs is 1. The minimum absolute atomic E-state index is 0.392. The number of methoxy groups -OCH3 is 1. The molecule has 0 saturated carbocycles. The number of hydrogen-bond acceptors (Lipinski definition) is 5. The second kappa shape index (κ2) is 10.1. The predicted octanol–water partition coefficient (Wildman–Crippen LogP) is 4.15. The number of nitrogens with one attached hydrogen (secondary N) is 1. The van der Waals surface area contributed by atoms with Gasteiger partial charge in [0.05, 0.1) is 25.3 Å². The average molecular weight is 417 g/mol. The summed E-state index contributed by atoms with van der Waals surface area (Å²) >= 11 is 0. The third kappa shape index (κ3) is 5.31. The van der Waals surface area contributed by atoms with E-state index in [0.717, 1.165) is 16.5 Å². The van der Waals surface area contributed by atoms with E-state index in [9.17, 15) is 9.59 Å². The summed E-state index contributed by atoms with van der Waals surface area (Å²) in [5.74, 6) is -0.571. The number of rotatable bonds is 8. The SMILES string of the molecule is COc1ccccc1NC(=O)[C@H](C)OC(=O)/C=C/c1cn(CCC#N)c2ccccc12. The van der Waals surface area contributed by atoms with Crippen molar-refractivity contribution in [3.05, 3.63) is 66.4 Å². The zero-order valence-corrected chi connectivity index (χ0v) is 17.4. The third-order valence-corrected chi connectivity index (χ3v) is 4.71. The van der Waals surface area contributed by atoms with E-state index in [-0.39, 0.29) is 0 Å². The summed E-state index contributed by atoms with van der Waals surface area (Å²) in [6, 6.07) is 16.9. The van der Waals surface area contributed by atoms with Crippen LogP contribution in [-0.4, -0.2) is 29.7 Å². The molecular weight excluding hydrogens is 394 g/mol. The zero-order chi connectivity index (χ0) is 22.2. The van der Waals surface area contributed by atoms with E-state index in [1.165, 1.54) is 20.1 Å². The molecule has 1 amide bonds. The van der Waals surface area contributed by atoms with Crippen molar-refractivity contribution in [2.45, 2.75) is 26.0 Å². The molecule has 0 spiro atoms. The first-order valence-electron chi connectivity index (χ1n) is 9.81. The van der Waals surface area contributed by atoms with E-state index in [0.29, 0.717) is 24.4 Å². The molecule has 2 aromatic carbocycles. The fraction of sp³-hybridized carbons (Fsp3) is 0.208. The molecule has 0 aliphatic rings. The van der Waals surface area contributed by atoms with Crippen LogP contribution in [0.2, 0.25) is 0 Å². The lowest BCUT2D eigenvalue weighted by atomic mass is 10.1. The van der Waals surface area contributed by atoms with Crippen LogP contribution in [0.25, 0.3) is 17.0 Å². The number of benzene rings is 2. The predicted molar refractivity (Wildman–Crippen MR) is 118 cm³/mol. The molecule has 1 heterocycles. The highest BCUT2D eigenvalue weighted by Crippen LogP contribution is 2.24. The lowest BCUT2D eigenvalue weighted by Crippen LogP contribution is -2.29. The number of ether oxygens (including phenoxy) is 2. The highest BCUT2D eigenvalue weighted by atomic mass is 16.5. The highest BCUT2D eigenvalue weighted by molar-refractivity contribution is 5.98. The smallest absolute Gasteiger partial charge is 0.331 e. The van der Waals surface area contributed by atoms with Gasteiger partial charge in [-0.15, -0.1) is 0 Å². The minimum Gasteiger partial charge on any atom is -0.495 e. The first-order chi connectivity index (χ1) is 15.0. The third-order valence-electron chi connectivity index (χ3n) is 4.71. The number of nitrogens with zero attached hydrogens (tertiary/aromatic N) is 2. The number of carbonyl (C=O) groups excluding carboxylic acids is 2. The topological polar surface area (TPSA) is 93.3 Å². The average Bonchev–Trinajstić information content (AvgIpc) is 3.14. The van der Waals surface area contributed by atoms with Gasteiger partial charge < -0.3 is 19.4 Å². The first-order valence-corrected chi connectivity index (χ1v) is 9.81. The van der Waals surface area contributed by atoms with Crippen molar-refractivity contribution in [2.24, 2.45) is 0 Å².